The molecule has 0 unspecified atom stereocenters. The molecule has 132 valence electrons. The van der Waals surface area contributed by atoms with Crippen molar-refractivity contribution in [2.24, 2.45) is 10.9 Å². The van der Waals surface area contributed by atoms with E-state index in [1.807, 2.05) is 19.1 Å². The molecule has 1 aromatic carbocycles. The van der Waals surface area contributed by atoms with Gasteiger partial charge in [-0.2, -0.15) is 0 Å². The summed E-state index contributed by atoms with van der Waals surface area (Å²) in [4.78, 5) is 34.5. The number of nitrogens with one attached hydrogen (secondary N) is 1. The highest BCUT2D eigenvalue weighted by atomic mass is 32.1. The predicted molar refractivity (Wildman–Crippen MR) is 102 cm³/mol. The smallest absolute Gasteiger partial charge is 0.251 e. The fraction of sp³-hybridized carbons (Fsp3) is 0.167. The minimum atomic E-state index is -1.08. The van der Waals surface area contributed by atoms with Crippen molar-refractivity contribution in [2.45, 2.75) is 6.92 Å². The van der Waals surface area contributed by atoms with E-state index in [4.69, 9.17) is 17.0 Å². The number of aryl methyl sites for hydroxylation is 1. The maximum Gasteiger partial charge on any atom is 0.251 e. The van der Waals surface area contributed by atoms with Gasteiger partial charge in [0, 0.05) is 12.3 Å². The molecule has 0 bridgehead atoms. The summed E-state index contributed by atoms with van der Waals surface area (Å²) in [7, 11) is 1.51. The zero-order chi connectivity index (χ0) is 18.7. The second-order valence-electron chi connectivity index (χ2n) is 5.62. The molecule has 7 nitrogen and oxygen atoms in total. The summed E-state index contributed by atoms with van der Waals surface area (Å²) < 4.78 is 4.98. The second kappa shape index (κ2) is 7.40. The van der Waals surface area contributed by atoms with E-state index in [1.54, 1.807) is 24.3 Å². The van der Waals surface area contributed by atoms with E-state index in [9.17, 15) is 9.59 Å². The number of amides is 2. The third-order valence-corrected chi connectivity index (χ3v) is 4.08. The van der Waals surface area contributed by atoms with Crippen LogP contribution in [0, 0.1) is 12.8 Å². The maximum atomic E-state index is 12.8. The highest BCUT2D eigenvalue weighted by Gasteiger charge is 2.38. The van der Waals surface area contributed by atoms with Gasteiger partial charge in [0.15, 0.2) is 11.0 Å². The molecule has 1 aromatic heterocycles. The Morgan fingerprint density at radius 1 is 1.23 bits per heavy atom. The van der Waals surface area contributed by atoms with Crippen molar-refractivity contribution in [2.75, 3.05) is 12.0 Å². The quantitative estimate of drug-likeness (QED) is 0.508. The van der Waals surface area contributed by atoms with Gasteiger partial charge >= 0.3 is 0 Å². The molecule has 1 aliphatic heterocycles. The average Bonchev–Trinajstić information content (AvgIpc) is 2.63. The van der Waals surface area contributed by atoms with E-state index >= 15 is 0 Å². The lowest BCUT2D eigenvalue weighted by Gasteiger charge is -2.30. The first kappa shape index (κ1) is 17.7. The average molecular weight is 368 g/mol. The number of hydrogen-bond acceptors (Lipinski definition) is 6. The molecule has 1 atom stereocenters. The Bertz CT molecular complexity index is 878. The fourth-order valence-corrected chi connectivity index (χ4v) is 2.69. The van der Waals surface area contributed by atoms with Crippen LogP contribution in [-0.2, 0) is 9.59 Å². The molecule has 2 aromatic rings. The van der Waals surface area contributed by atoms with E-state index in [1.165, 1.54) is 24.4 Å². The van der Waals surface area contributed by atoms with Gasteiger partial charge in [0.2, 0.25) is 11.8 Å². The third kappa shape index (κ3) is 3.60. The van der Waals surface area contributed by atoms with Crippen molar-refractivity contribution in [1.82, 2.24) is 10.3 Å². The van der Waals surface area contributed by atoms with Crippen LogP contribution in [0.4, 0.5) is 11.4 Å². The van der Waals surface area contributed by atoms with Gasteiger partial charge in [-0.1, -0.05) is 17.7 Å². The molecule has 0 aliphatic carbocycles. The van der Waals surface area contributed by atoms with Gasteiger partial charge in [-0.05, 0) is 37.3 Å². The lowest BCUT2D eigenvalue weighted by molar-refractivity contribution is -0.130. The van der Waals surface area contributed by atoms with Gasteiger partial charge in [-0.15, -0.1) is 0 Å². The molecular weight excluding hydrogens is 352 g/mol. The van der Waals surface area contributed by atoms with Gasteiger partial charge in [0.1, 0.15) is 0 Å². The molecule has 1 aliphatic rings. The Kier molecular flexibility index (Phi) is 5.04. The number of anilines is 1. The highest BCUT2D eigenvalue weighted by Crippen LogP contribution is 2.21. The number of nitrogens with zero attached hydrogens (tertiary/aromatic N) is 3. The van der Waals surface area contributed by atoms with Crippen LogP contribution < -0.4 is 15.0 Å². The lowest BCUT2D eigenvalue weighted by Crippen LogP contribution is -2.58. The first-order chi connectivity index (χ1) is 12.5. The Labute approximate surface area is 155 Å². The predicted octanol–water partition coefficient (Wildman–Crippen LogP) is 2.17. The zero-order valence-corrected chi connectivity index (χ0v) is 15.0. The fourth-order valence-electron chi connectivity index (χ4n) is 2.39. The van der Waals surface area contributed by atoms with Crippen LogP contribution >= 0.6 is 12.2 Å². The summed E-state index contributed by atoms with van der Waals surface area (Å²) >= 11 is 5.16. The summed E-state index contributed by atoms with van der Waals surface area (Å²) in [5.41, 5.74) is 2.15. The van der Waals surface area contributed by atoms with E-state index in [0.29, 0.717) is 17.3 Å². The molecule has 1 fully saturated rings. The number of carbonyl (C=O) groups is 2. The zero-order valence-electron chi connectivity index (χ0n) is 14.2. The van der Waals surface area contributed by atoms with Crippen molar-refractivity contribution in [3.63, 3.8) is 0 Å². The highest BCUT2D eigenvalue weighted by molar-refractivity contribution is 7.80. The number of thiocarbonyl (C=S) groups is 1. The lowest BCUT2D eigenvalue weighted by atomic mass is 10.1. The minimum Gasteiger partial charge on any atom is -0.481 e. The number of methoxy groups -OCH3 is 1. The second-order valence-corrected chi connectivity index (χ2v) is 6.00. The van der Waals surface area contributed by atoms with Crippen molar-refractivity contribution in [3.05, 3.63) is 48.2 Å². The van der Waals surface area contributed by atoms with Crippen LogP contribution in [0.2, 0.25) is 0 Å². The summed E-state index contributed by atoms with van der Waals surface area (Å²) in [5.74, 6) is -1.59. The van der Waals surface area contributed by atoms with Gasteiger partial charge in [-0.25, -0.2) is 4.98 Å². The van der Waals surface area contributed by atoms with Gasteiger partial charge in [0.25, 0.3) is 5.91 Å². The molecule has 2 amide bonds. The van der Waals surface area contributed by atoms with Gasteiger partial charge < -0.3 is 10.1 Å². The van der Waals surface area contributed by atoms with Gasteiger partial charge in [-0.3, -0.25) is 19.5 Å². The Morgan fingerprint density at radius 2 is 1.96 bits per heavy atom. The molecular formula is C18H16N4O3S. The SMILES string of the molecule is COc1ccc(N=C[C@@H]2C(=O)NC(=S)N(c3ccc(C)cc3)C2=O)cn1. The molecule has 1 saturated heterocycles. The van der Waals surface area contributed by atoms with Crippen LogP contribution in [0.5, 0.6) is 5.88 Å². The van der Waals surface area contributed by atoms with E-state index in [0.717, 1.165) is 5.56 Å². The van der Waals surface area contributed by atoms with Gasteiger partial charge in [0.05, 0.1) is 24.7 Å². The molecule has 0 saturated carbocycles. The van der Waals surface area contributed by atoms with Crippen LogP contribution in [0.25, 0.3) is 0 Å². The number of aliphatic imine (C=N–C) groups is 1. The molecule has 0 radical (unpaired) electrons. The summed E-state index contributed by atoms with van der Waals surface area (Å²) in [6.45, 7) is 1.94. The van der Waals surface area contributed by atoms with E-state index in [2.05, 4.69) is 15.3 Å². The molecule has 8 heteroatoms. The monoisotopic (exact) mass is 368 g/mol. The summed E-state index contributed by atoms with van der Waals surface area (Å²) in [6, 6.07) is 10.6. The van der Waals surface area contributed by atoms with Crippen LogP contribution in [0.1, 0.15) is 5.56 Å². The number of rotatable bonds is 4. The number of hydrogen-bond donors (Lipinski definition) is 1. The molecule has 1 N–H and O–H groups in total. The van der Waals surface area contributed by atoms with Crippen LogP contribution in [0.15, 0.2) is 47.6 Å². The third-order valence-electron chi connectivity index (χ3n) is 3.80. The maximum absolute atomic E-state index is 12.8. The minimum absolute atomic E-state index is 0.0552. The van der Waals surface area contributed by atoms with E-state index < -0.39 is 17.7 Å². The molecule has 3 rings (SSSR count). The Hall–Kier alpha value is -3.13. The summed E-state index contributed by atoms with van der Waals surface area (Å²) in [5, 5.41) is 2.60. The number of benzene rings is 1. The van der Waals surface area contributed by atoms with E-state index in [-0.39, 0.29) is 5.11 Å². The largest absolute Gasteiger partial charge is 0.481 e. The van der Waals surface area contributed by atoms with Crippen LogP contribution in [-0.4, -0.2) is 35.2 Å². The normalized spacial score (nSPS) is 17.5. The number of carbonyl (C=O) groups excluding carboxylic acids is 2. The number of pyridine rings is 1. The van der Waals surface area contributed by atoms with Crippen molar-refractivity contribution < 1.29 is 14.3 Å². The first-order valence-electron chi connectivity index (χ1n) is 7.79. The summed E-state index contributed by atoms with van der Waals surface area (Å²) in [6.07, 6.45) is 2.78. The topological polar surface area (TPSA) is 83.9 Å². The Balaban J connectivity index is 1.84. The van der Waals surface area contributed by atoms with Crippen LogP contribution in [0.3, 0.4) is 0 Å². The van der Waals surface area contributed by atoms with Crippen molar-refractivity contribution in [1.29, 1.82) is 0 Å². The van der Waals surface area contributed by atoms with Crippen molar-refractivity contribution in [3.8, 4) is 5.88 Å². The number of aromatic nitrogens is 1. The number of ether oxygens (including phenoxy) is 1. The first-order valence-corrected chi connectivity index (χ1v) is 8.20. The van der Waals surface area contributed by atoms with Crippen molar-refractivity contribution >= 4 is 46.7 Å². The molecule has 2 heterocycles. The Morgan fingerprint density at radius 3 is 2.58 bits per heavy atom. The standard InChI is InChI=1S/C18H16N4O3S/c1-11-3-6-13(7-4-11)22-17(24)14(16(23)21-18(22)26)10-19-12-5-8-15(25-2)20-9-12/h3-10,14H,1-2H3,(H,21,23,26)/t14-/m1/s1. The molecule has 0 spiro atoms. The molecule has 26 heavy (non-hydrogen) atoms.